The fourth-order valence-corrected chi connectivity index (χ4v) is 5.12. The van der Waals surface area contributed by atoms with E-state index in [1.54, 1.807) is 0 Å². The molecule has 5 nitrogen and oxygen atoms in total. The summed E-state index contributed by atoms with van der Waals surface area (Å²) >= 11 is 6.15. The van der Waals surface area contributed by atoms with E-state index in [1.165, 1.54) is 5.56 Å². The number of carbonyl (C=O) groups is 2. The molecule has 148 valence electrons. The van der Waals surface area contributed by atoms with Crippen LogP contribution in [0.25, 0.3) is 0 Å². The highest BCUT2D eigenvalue weighted by Gasteiger charge is 2.59. The van der Waals surface area contributed by atoms with Crippen LogP contribution in [0.4, 0.5) is 0 Å². The molecule has 2 fully saturated rings. The van der Waals surface area contributed by atoms with E-state index in [1.807, 2.05) is 18.2 Å². The van der Waals surface area contributed by atoms with Gasteiger partial charge in [0.05, 0.1) is 12.0 Å². The first-order valence-corrected chi connectivity index (χ1v) is 10.3. The average Bonchev–Trinajstić information content (AvgIpc) is 3.13. The fourth-order valence-electron chi connectivity index (χ4n) is 4.91. The van der Waals surface area contributed by atoms with E-state index in [0.29, 0.717) is 12.0 Å². The Hall–Kier alpha value is -1.59. The van der Waals surface area contributed by atoms with Gasteiger partial charge >= 0.3 is 0 Å². The SMILES string of the molecule is CC(C)CC[C@]1(C(=O)NCC(N)=O)C[C@H]2CC[C@@H]1N2Cc1cccc(Cl)c1. The van der Waals surface area contributed by atoms with Gasteiger partial charge < -0.3 is 11.1 Å². The van der Waals surface area contributed by atoms with Gasteiger partial charge in [0.25, 0.3) is 0 Å². The summed E-state index contributed by atoms with van der Waals surface area (Å²) in [5.74, 6) is 0.0258. The van der Waals surface area contributed by atoms with Gasteiger partial charge in [-0.05, 0) is 55.7 Å². The lowest BCUT2D eigenvalue weighted by Crippen LogP contribution is -2.50. The van der Waals surface area contributed by atoms with E-state index in [9.17, 15) is 9.59 Å². The van der Waals surface area contributed by atoms with Crippen LogP contribution in [0, 0.1) is 11.3 Å². The van der Waals surface area contributed by atoms with Crippen molar-refractivity contribution in [3.05, 3.63) is 34.9 Å². The topological polar surface area (TPSA) is 75.4 Å². The Morgan fingerprint density at radius 3 is 2.81 bits per heavy atom. The van der Waals surface area contributed by atoms with Crippen LogP contribution in [0.2, 0.25) is 5.02 Å². The van der Waals surface area contributed by atoms with E-state index in [4.69, 9.17) is 17.3 Å². The van der Waals surface area contributed by atoms with Gasteiger partial charge in [-0.25, -0.2) is 0 Å². The van der Waals surface area contributed by atoms with Gasteiger partial charge in [-0.1, -0.05) is 37.6 Å². The van der Waals surface area contributed by atoms with Crippen molar-refractivity contribution in [1.82, 2.24) is 10.2 Å². The molecule has 3 rings (SSSR count). The Bertz CT molecular complexity index is 708. The van der Waals surface area contributed by atoms with E-state index < -0.39 is 11.3 Å². The molecule has 6 heteroatoms. The Balaban J connectivity index is 1.81. The smallest absolute Gasteiger partial charge is 0.236 e. The van der Waals surface area contributed by atoms with Gasteiger partial charge in [-0.15, -0.1) is 0 Å². The summed E-state index contributed by atoms with van der Waals surface area (Å²) in [5.41, 5.74) is 6.00. The van der Waals surface area contributed by atoms with Crippen LogP contribution in [0.5, 0.6) is 0 Å². The molecule has 0 saturated carbocycles. The zero-order valence-electron chi connectivity index (χ0n) is 16.2. The number of nitrogens with zero attached hydrogens (tertiary/aromatic N) is 1. The number of fused-ring (bicyclic) bond motifs is 2. The maximum Gasteiger partial charge on any atom is 0.236 e. The van der Waals surface area contributed by atoms with Crippen LogP contribution in [-0.2, 0) is 16.1 Å². The molecular formula is C21H30ClN3O2. The van der Waals surface area contributed by atoms with E-state index in [2.05, 4.69) is 30.1 Å². The predicted molar refractivity (Wildman–Crippen MR) is 107 cm³/mol. The van der Waals surface area contributed by atoms with Crippen LogP contribution in [0.3, 0.4) is 0 Å². The van der Waals surface area contributed by atoms with Crippen molar-refractivity contribution in [1.29, 1.82) is 0 Å². The highest BCUT2D eigenvalue weighted by Crippen LogP contribution is 2.53. The number of carbonyl (C=O) groups excluding carboxylic acids is 2. The lowest BCUT2D eigenvalue weighted by atomic mass is 9.69. The Morgan fingerprint density at radius 1 is 1.37 bits per heavy atom. The summed E-state index contributed by atoms with van der Waals surface area (Å²) in [6, 6.07) is 8.55. The normalized spacial score (nSPS) is 27.3. The fraction of sp³-hybridized carbons (Fsp3) is 0.619. The zero-order chi connectivity index (χ0) is 19.6. The molecule has 3 N–H and O–H groups in total. The first kappa shape index (κ1) is 20.2. The molecule has 1 aromatic rings. The maximum absolute atomic E-state index is 13.2. The first-order chi connectivity index (χ1) is 12.8. The molecule has 2 aliphatic rings. The first-order valence-electron chi connectivity index (χ1n) is 9.88. The van der Waals surface area contributed by atoms with Crippen LogP contribution in [0.1, 0.15) is 51.5 Å². The van der Waals surface area contributed by atoms with Gasteiger partial charge in [0, 0.05) is 23.7 Å². The minimum atomic E-state index is -0.499. The summed E-state index contributed by atoms with van der Waals surface area (Å²) in [6.07, 6.45) is 4.85. The molecule has 0 aromatic heterocycles. The second kappa shape index (κ2) is 8.19. The molecule has 2 heterocycles. The molecule has 3 atom stereocenters. The van der Waals surface area contributed by atoms with Crippen LogP contribution >= 0.6 is 11.6 Å². The minimum absolute atomic E-state index is 0.00903. The summed E-state index contributed by atoms with van der Waals surface area (Å²) in [5, 5.41) is 3.55. The number of halogens is 1. The third kappa shape index (κ3) is 4.30. The van der Waals surface area contributed by atoms with Crippen LogP contribution in [-0.4, -0.2) is 35.3 Å². The number of rotatable bonds is 8. The number of hydrogen-bond donors (Lipinski definition) is 2. The number of hydrogen-bond acceptors (Lipinski definition) is 3. The minimum Gasteiger partial charge on any atom is -0.368 e. The van der Waals surface area contributed by atoms with E-state index in [-0.39, 0.29) is 18.5 Å². The van der Waals surface area contributed by atoms with Gasteiger partial charge in [0.15, 0.2) is 0 Å². The van der Waals surface area contributed by atoms with Gasteiger partial charge in [0.2, 0.25) is 11.8 Å². The Kier molecular flexibility index (Phi) is 6.11. The number of amides is 2. The number of nitrogens with two attached hydrogens (primary N) is 1. The average molecular weight is 392 g/mol. The summed E-state index contributed by atoms with van der Waals surface area (Å²) in [4.78, 5) is 26.8. The summed E-state index contributed by atoms with van der Waals surface area (Å²) in [7, 11) is 0. The highest BCUT2D eigenvalue weighted by molar-refractivity contribution is 6.30. The second-order valence-corrected chi connectivity index (χ2v) is 8.93. The van der Waals surface area contributed by atoms with Crippen molar-refractivity contribution in [2.45, 2.75) is 64.6 Å². The molecule has 2 saturated heterocycles. The third-order valence-electron chi connectivity index (χ3n) is 6.18. The number of primary amides is 1. The van der Waals surface area contributed by atoms with E-state index in [0.717, 1.165) is 43.7 Å². The standard InChI is InChI=1S/C21H30ClN3O2/c1-14(2)8-9-21(20(27)24-12-19(23)26)11-17-6-7-18(21)25(17)13-15-4-3-5-16(22)10-15/h3-5,10,14,17-18H,6-9,11-13H2,1-2H3,(H2,23,26)(H,24,27)/t17-,18+,21+/m1/s1. The number of nitrogens with one attached hydrogen (secondary N) is 1. The zero-order valence-corrected chi connectivity index (χ0v) is 17.0. The van der Waals surface area contributed by atoms with Gasteiger partial charge in [-0.2, -0.15) is 0 Å². The number of benzene rings is 1. The van der Waals surface area contributed by atoms with Crippen molar-refractivity contribution < 1.29 is 9.59 Å². The van der Waals surface area contributed by atoms with Gasteiger partial charge in [-0.3, -0.25) is 14.5 Å². The molecule has 27 heavy (non-hydrogen) atoms. The molecule has 0 spiro atoms. The molecule has 0 radical (unpaired) electrons. The van der Waals surface area contributed by atoms with Gasteiger partial charge in [0.1, 0.15) is 0 Å². The van der Waals surface area contributed by atoms with Crippen molar-refractivity contribution in [2.75, 3.05) is 6.54 Å². The third-order valence-corrected chi connectivity index (χ3v) is 6.41. The Labute approximate surface area is 166 Å². The molecule has 0 aliphatic carbocycles. The molecular weight excluding hydrogens is 362 g/mol. The Morgan fingerprint density at radius 2 is 2.15 bits per heavy atom. The van der Waals surface area contributed by atoms with Crippen molar-refractivity contribution in [2.24, 2.45) is 17.1 Å². The molecule has 2 bridgehead atoms. The summed E-state index contributed by atoms with van der Waals surface area (Å²) < 4.78 is 0. The molecule has 1 aromatic carbocycles. The second-order valence-electron chi connectivity index (χ2n) is 8.49. The van der Waals surface area contributed by atoms with Crippen molar-refractivity contribution >= 4 is 23.4 Å². The van der Waals surface area contributed by atoms with Crippen LogP contribution < -0.4 is 11.1 Å². The predicted octanol–water partition coefficient (Wildman–Crippen LogP) is 3.10. The maximum atomic E-state index is 13.2. The molecule has 2 aliphatic heterocycles. The van der Waals surface area contributed by atoms with E-state index >= 15 is 0 Å². The highest BCUT2D eigenvalue weighted by atomic mass is 35.5. The lowest BCUT2D eigenvalue weighted by Gasteiger charge is -2.37. The lowest BCUT2D eigenvalue weighted by molar-refractivity contribution is -0.135. The van der Waals surface area contributed by atoms with Crippen LogP contribution in [0.15, 0.2) is 24.3 Å². The molecule has 2 amide bonds. The van der Waals surface area contributed by atoms with Crippen molar-refractivity contribution in [3.8, 4) is 0 Å². The summed E-state index contributed by atoms with van der Waals surface area (Å²) in [6.45, 7) is 5.09. The van der Waals surface area contributed by atoms with Crippen molar-refractivity contribution in [3.63, 3.8) is 0 Å². The quantitative estimate of drug-likeness (QED) is 0.714. The molecule has 0 unspecified atom stereocenters. The monoisotopic (exact) mass is 391 g/mol. The largest absolute Gasteiger partial charge is 0.368 e.